The first kappa shape index (κ1) is 10.9. The highest BCUT2D eigenvalue weighted by atomic mass is 79.9. The lowest BCUT2D eigenvalue weighted by Gasteiger charge is -2.00. The quantitative estimate of drug-likeness (QED) is 0.667. The summed E-state index contributed by atoms with van der Waals surface area (Å²) in [6.07, 6.45) is 0. The van der Waals surface area contributed by atoms with Crippen LogP contribution in [0.4, 0.5) is 5.69 Å². The molecule has 0 aliphatic carbocycles. The van der Waals surface area contributed by atoms with Gasteiger partial charge in [0, 0.05) is 10.5 Å². The van der Waals surface area contributed by atoms with E-state index in [0.717, 1.165) is 12.1 Å². The summed E-state index contributed by atoms with van der Waals surface area (Å²) in [5.41, 5.74) is -0.441. The molecule has 0 amide bonds. The van der Waals surface area contributed by atoms with Gasteiger partial charge in [-0.15, -0.1) is 0 Å². The number of rotatable bonds is 2. The first-order valence-corrected chi connectivity index (χ1v) is 4.47. The number of carboxylic acid groups (broad SMARTS) is 1. The summed E-state index contributed by atoms with van der Waals surface area (Å²) in [5.74, 6) is -1.20. The van der Waals surface area contributed by atoms with Crippen LogP contribution < -0.4 is 0 Å². The minimum absolute atomic E-state index is 0.111. The average molecular weight is 280 g/mol. The van der Waals surface area contributed by atoms with Crippen LogP contribution in [0.25, 0.3) is 0 Å². The van der Waals surface area contributed by atoms with Gasteiger partial charge < -0.3 is 5.11 Å². The van der Waals surface area contributed by atoms with E-state index < -0.39 is 10.9 Å². The lowest BCUT2D eigenvalue weighted by atomic mass is 10.2. The van der Waals surface area contributed by atoms with Gasteiger partial charge in [-0.05, 0) is 22.0 Å². The highest BCUT2D eigenvalue weighted by Gasteiger charge is 2.18. The van der Waals surface area contributed by atoms with E-state index in [1.807, 2.05) is 0 Å². The van der Waals surface area contributed by atoms with Crippen molar-refractivity contribution in [3.05, 3.63) is 37.3 Å². The van der Waals surface area contributed by atoms with Crippen LogP contribution in [0.5, 0.6) is 0 Å². The number of carboxylic acids is 1. The van der Waals surface area contributed by atoms with E-state index in [2.05, 4.69) is 15.9 Å². The number of hydrogen-bond donors (Lipinski definition) is 1. The minimum Gasteiger partial charge on any atom is -0.478 e. The third-order valence-electron chi connectivity index (χ3n) is 1.46. The molecule has 0 radical (unpaired) electrons. The van der Waals surface area contributed by atoms with Gasteiger partial charge in [0.1, 0.15) is 5.02 Å². The monoisotopic (exact) mass is 279 g/mol. The summed E-state index contributed by atoms with van der Waals surface area (Å²) >= 11 is 8.42. The van der Waals surface area contributed by atoms with E-state index in [-0.39, 0.29) is 20.7 Å². The van der Waals surface area contributed by atoms with Crippen molar-refractivity contribution in [3.63, 3.8) is 0 Å². The number of halogens is 2. The molecular formula is C7H3BrClNO4. The molecule has 14 heavy (non-hydrogen) atoms. The van der Waals surface area contributed by atoms with Crippen LogP contribution in [-0.2, 0) is 0 Å². The number of carbonyl (C=O) groups is 1. The Bertz CT molecular complexity index is 381. The highest BCUT2D eigenvalue weighted by Crippen LogP contribution is 2.30. The molecule has 1 aromatic rings. The number of nitro benzene ring substituents is 1. The third kappa shape index (κ3) is 2.02. The number of nitro groups is 1. The predicted octanol–water partition coefficient (Wildman–Crippen LogP) is 2.71. The molecule has 0 aliphatic rings. The maximum absolute atomic E-state index is 10.6. The summed E-state index contributed by atoms with van der Waals surface area (Å²) in [5, 5.41) is 18.9. The van der Waals surface area contributed by atoms with E-state index in [4.69, 9.17) is 16.7 Å². The molecular weight excluding hydrogens is 277 g/mol. The maximum atomic E-state index is 10.6. The van der Waals surface area contributed by atoms with E-state index in [0.29, 0.717) is 0 Å². The summed E-state index contributed by atoms with van der Waals surface area (Å²) < 4.78 is 0.126. The van der Waals surface area contributed by atoms with Gasteiger partial charge in [0.05, 0.1) is 10.5 Å². The van der Waals surface area contributed by atoms with E-state index >= 15 is 0 Å². The van der Waals surface area contributed by atoms with E-state index in [1.165, 1.54) is 0 Å². The number of aromatic carboxylic acids is 1. The zero-order chi connectivity index (χ0) is 10.9. The summed E-state index contributed by atoms with van der Waals surface area (Å²) in [4.78, 5) is 20.3. The Morgan fingerprint density at radius 3 is 2.57 bits per heavy atom. The molecule has 0 spiro atoms. The van der Waals surface area contributed by atoms with Gasteiger partial charge in [0.15, 0.2) is 0 Å². The molecule has 0 saturated carbocycles. The maximum Gasteiger partial charge on any atom is 0.336 e. The summed E-state index contributed by atoms with van der Waals surface area (Å²) in [6, 6.07) is 2.10. The SMILES string of the molecule is O=C(O)c1cc(Cl)c([N+](=O)[O-])cc1Br. The van der Waals surface area contributed by atoms with Gasteiger partial charge >= 0.3 is 5.97 Å². The second kappa shape index (κ2) is 3.93. The molecule has 7 heteroatoms. The third-order valence-corrected chi connectivity index (χ3v) is 2.42. The molecule has 0 aromatic heterocycles. The Morgan fingerprint density at radius 1 is 1.57 bits per heavy atom. The van der Waals surface area contributed by atoms with E-state index in [9.17, 15) is 14.9 Å². The van der Waals surface area contributed by atoms with Crippen LogP contribution in [-0.4, -0.2) is 16.0 Å². The number of nitrogens with zero attached hydrogens (tertiary/aromatic N) is 1. The van der Waals surface area contributed by atoms with Crippen molar-refractivity contribution in [1.82, 2.24) is 0 Å². The van der Waals surface area contributed by atoms with Crippen molar-refractivity contribution in [2.24, 2.45) is 0 Å². The van der Waals surface area contributed by atoms with Crippen LogP contribution in [0, 0.1) is 10.1 Å². The van der Waals surface area contributed by atoms with Crippen LogP contribution in [0.3, 0.4) is 0 Å². The van der Waals surface area contributed by atoms with Gasteiger partial charge in [-0.3, -0.25) is 10.1 Å². The van der Waals surface area contributed by atoms with Crippen molar-refractivity contribution in [3.8, 4) is 0 Å². The fraction of sp³-hybridized carbons (Fsp3) is 0. The van der Waals surface area contributed by atoms with Crippen LogP contribution >= 0.6 is 27.5 Å². The molecule has 1 aromatic carbocycles. The molecule has 5 nitrogen and oxygen atoms in total. The number of benzene rings is 1. The molecule has 0 saturated heterocycles. The Hall–Kier alpha value is -1.14. The zero-order valence-electron chi connectivity index (χ0n) is 6.53. The largest absolute Gasteiger partial charge is 0.478 e. The van der Waals surface area contributed by atoms with Crippen molar-refractivity contribution >= 4 is 39.2 Å². The fourth-order valence-electron chi connectivity index (χ4n) is 0.840. The Balaban J connectivity index is 3.38. The van der Waals surface area contributed by atoms with Crippen molar-refractivity contribution in [2.45, 2.75) is 0 Å². The normalized spacial score (nSPS) is 9.86. The molecule has 1 N–H and O–H groups in total. The summed E-state index contributed by atoms with van der Waals surface area (Å²) in [6.45, 7) is 0. The van der Waals surface area contributed by atoms with Gasteiger partial charge in [-0.2, -0.15) is 0 Å². The lowest BCUT2D eigenvalue weighted by molar-refractivity contribution is -0.384. The minimum atomic E-state index is -1.20. The smallest absolute Gasteiger partial charge is 0.336 e. The zero-order valence-corrected chi connectivity index (χ0v) is 8.87. The second-order valence-electron chi connectivity index (χ2n) is 2.35. The predicted molar refractivity (Wildman–Crippen MR) is 52.8 cm³/mol. The van der Waals surface area contributed by atoms with Crippen LogP contribution in [0.1, 0.15) is 10.4 Å². The van der Waals surface area contributed by atoms with Gasteiger partial charge in [-0.1, -0.05) is 11.6 Å². The topological polar surface area (TPSA) is 80.4 Å². The van der Waals surface area contributed by atoms with E-state index in [1.54, 1.807) is 0 Å². The molecule has 1 rings (SSSR count). The molecule has 0 fully saturated rings. The fourth-order valence-corrected chi connectivity index (χ4v) is 1.57. The Labute approximate surface area is 91.6 Å². The molecule has 0 bridgehead atoms. The van der Waals surface area contributed by atoms with Crippen molar-refractivity contribution in [2.75, 3.05) is 0 Å². The standard InChI is InChI=1S/C7H3BrClNO4/c8-4-2-6(10(13)14)5(9)1-3(4)7(11)12/h1-2H,(H,11,12). The molecule has 0 aliphatic heterocycles. The first-order chi connectivity index (χ1) is 6.43. The van der Waals surface area contributed by atoms with Gasteiger partial charge in [0.2, 0.25) is 0 Å². The molecule has 74 valence electrons. The first-order valence-electron chi connectivity index (χ1n) is 3.30. The van der Waals surface area contributed by atoms with Gasteiger partial charge in [-0.25, -0.2) is 4.79 Å². The van der Waals surface area contributed by atoms with Crippen LogP contribution in [0.15, 0.2) is 16.6 Å². The molecule has 0 heterocycles. The highest BCUT2D eigenvalue weighted by molar-refractivity contribution is 9.10. The van der Waals surface area contributed by atoms with Crippen molar-refractivity contribution in [1.29, 1.82) is 0 Å². The average Bonchev–Trinajstić information content (AvgIpc) is 2.07. The molecule has 0 atom stereocenters. The lowest BCUT2D eigenvalue weighted by Crippen LogP contribution is -1.99. The van der Waals surface area contributed by atoms with Gasteiger partial charge in [0.25, 0.3) is 5.69 Å². The number of hydrogen-bond acceptors (Lipinski definition) is 3. The second-order valence-corrected chi connectivity index (χ2v) is 3.61. The van der Waals surface area contributed by atoms with Crippen LogP contribution in [0.2, 0.25) is 5.02 Å². The van der Waals surface area contributed by atoms with Crippen molar-refractivity contribution < 1.29 is 14.8 Å². The Morgan fingerprint density at radius 2 is 2.14 bits per heavy atom. The molecule has 0 unspecified atom stereocenters. The summed E-state index contributed by atoms with van der Waals surface area (Å²) in [7, 11) is 0. The Kier molecular flexibility index (Phi) is 3.07.